The molecule has 0 atom stereocenters. The highest BCUT2D eigenvalue weighted by atomic mass is 16.7. The highest BCUT2D eigenvalue weighted by Crippen LogP contribution is 2.16. The van der Waals surface area contributed by atoms with Crippen LogP contribution in [0.4, 0.5) is 0 Å². The Hall–Kier alpha value is -0.860. The molecule has 18 heavy (non-hydrogen) atoms. The molecular weight excluding hydrogens is 228 g/mol. The second kappa shape index (κ2) is 12.6. The third kappa shape index (κ3) is 8.26. The molecule has 0 aliphatic rings. The molecule has 0 rings (SSSR count). The predicted octanol–water partition coefficient (Wildman–Crippen LogP) is 4.63. The van der Waals surface area contributed by atoms with E-state index in [4.69, 9.17) is 14.2 Å². The smallest absolute Gasteiger partial charge is 0.318 e. The van der Waals surface area contributed by atoms with Crippen molar-refractivity contribution in [3.05, 3.63) is 11.7 Å². The van der Waals surface area contributed by atoms with Crippen LogP contribution < -0.4 is 0 Å². The minimum absolute atomic E-state index is 0.500. The molecule has 3 heteroatoms. The highest BCUT2D eigenvalue weighted by molar-refractivity contribution is 4.94. The molecule has 0 aromatic heterocycles. The molecule has 0 aromatic carbocycles. The van der Waals surface area contributed by atoms with Gasteiger partial charge in [0.2, 0.25) is 0 Å². The average molecular weight is 258 g/mol. The molecule has 0 saturated carbocycles. The number of hydrogen-bond donors (Lipinski definition) is 0. The SMILES string of the molecule is CCCCCCCCCCC(OC)=C(OC)OC. The number of rotatable bonds is 12. The van der Waals surface area contributed by atoms with Gasteiger partial charge in [-0.3, -0.25) is 0 Å². The predicted molar refractivity (Wildman–Crippen MR) is 75.3 cm³/mol. The summed E-state index contributed by atoms with van der Waals surface area (Å²) in [6.45, 7) is 2.25. The first-order valence-electron chi connectivity index (χ1n) is 7.15. The van der Waals surface area contributed by atoms with Crippen molar-refractivity contribution in [2.24, 2.45) is 0 Å². The van der Waals surface area contributed by atoms with Crippen LogP contribution in [0.2, 0.25) is 0 Å². The molecule has 0 amide bonds. The fourth-order valence-electron chi connectivity index (χ4n) is 2.02. The van der Waals surface area contributed by atoms with Gasteiger partial charge in [0.1, 0.15) is 0 Å². The first kappa shape index (κ1) is 17.1. The van der Waals surface area contributed by atoms with Crippen molar-refractivity contribution < 1.29 is 14.2 Å². The van der Waals surface area contributed by atoms with Crippen LogP contribution in [0, 0.1) is 0 Å². The minimum atomic E-state index is 0.500. The largest absolute Gasteiger partial charge is 0.494 e. The lowest BCUT2D eigenvalue weighted by molar-refractivity contribution is 0.0657. The number of allylic oxidation sites excluding steroid dienone is 1. The van der Waals surface area contributed by atoms with E-state index in [0.717, 1.165) is 18.6 Å². The van der Waals surface area contributed by atoms with Crippen molar-refractivity contribution in [2.75, 3.05) is 21.3 Å². The Kier molecular flexibility index (Phi) is 12.0. The topological polar surface area (TPSA) is 27.7 Å². The molecule has 0 spiro atoms. The molecule has 0 aliphatic heterocycles. The Morgan fingerprint density at radius 1 is 0.667 bits per heavy atom. The summed E-state index contributed by atoms with van der Waals surface area (Å²) in [4.78, 5) is 0. The Bertz CT molecular complexity index is 206. The van der Waals surface area contributed by atoms with Gasteiger partial charge >= 0.3 is 5.95 Å². The quantitative estimate of drug-likeness (QED) is 0.377. The van der Waals surface area contributed by atoms with Crippen molar-refractivity contribution in [1.29, 1.82) is 0 Å². The van der Waals surface area contributed by atoms with Crippen molar-refractivity contribution >= 4 is 0 Å². The summed E-state index contributed by atoms with van der Waals surface area (Å²) >= 11 is 0. The van der Waals surface area contributed by atoms with Crippen LogP contribution in [-0.2, 0) is 14.2 Å². The second-order valence-corrected chi connectivity index (χ2v) is 4.55. The van der Waals surface area contributed by atoms with Gasteiger partial charge in [-0.1, -0.05) is 51.9 Å². The first-order valence-corrected chi connectivity index (χ1v) is 7.15. The summed E-state index contributed by atoms with van der Waals surface area (Å²) in [5.74, 6) is 1.31. The minimum Gasteiger partial charge on any atom is -0.494 e. The lowest BCUT2D eigenvalue weighted by Gasteiger charge is -2.11. The lowest BCUT2D eigenvalue weighted by Crippen LogP contribution is -1.99. The van der Waals surface area contributed by atoms with Crippen molar-refractivity contribution in [3.63, 3.8) is 0 Å². The number of unbranched alkanes of at least 4 members (excludes halogenated alkanes) is 7. The monoisotopic (exact) mass is 258 g/mol. The van der Waals surface area contributed by atoms with E-state index >= 15 is 0 Å². The van der Waals surface area contributed by atoms with E-state index in [1.165, 1.54) is 44.9 Å². The Morgan fingerprint density at radius 3 is 1.61 bits per heavy atom. The number of ether oxygens (including phenoxy) is 3. The fraction of sp³-hybridized carbons (Fsp3) is 0.867. The fourth-order valence-corrected chi connectivity index (χ4v) is 2.02. The van der Waals surface area contributed by atoms with E-state index in [2.05, 4.69) is 6.92 Å². The van der Waals surface area contributed by atoms with Gasteiger partial charge in [0, 0.05) is 6.42 Å². The van der Waals surface area contributed by atoms with E-state index < -0.39 is 0 Å². The van der Waals surface area contributed by atoms with Crippen LogP contribution in [-0.4, -0.2) is 21.3 Å². The third-order valence-electron chi connectivity index (χ3n) is 3.10. The zero-order valence-corrected chi connectivity index (χ0v) is 12.6. The van der Waals surface area contributed by atoms with Crippen LogP contribution in [0.25, 0.3) is 0 Å². The van der Waals surface area contributed by atoms with Gasteiger partial charge in [0.15, 0.2) is 5.76 Å². The van der Waals surface area contributed by atoms with E-state index in [1.54, 1.807) is 21.3 Å². The summed E-state index contributed by atoms with van der Waals surface area (Å²) in [5.41, 5.74) is 0. The summed E-state index contributed by atoms with van der Waals surface area (Å²) in [5, 5.41) is 0. The molecule has 0 aliphatic carbocycles. The molecule has 0 aromatic rings. The highest BCUT2D eigenvalue weighted by Gasteiger charge is 2.07. The molecule has 0 fully saturated rings. The van der Waals surface area contributed by atoms with Crippen molar-refractivity contribution in [2.45, 2.75) is 64.7 Å². The zero-order chi connectivity index (χ0) is 13.6. The zero-order valence-electron chi connectivity index (χ0n) is 12.6. The Labute approximate surface area is 112 Å². The van der Waals surface area contributed by atoms with Gasteiger partial charge in [0.25, 0.3) is 0 Å². The van der Waals surface area contributed by atoms with Crippen LogP contribution in [0.1, 0.15) is 64.7 Å². The van der Waals surface area contributed by atoms with Crippen LogP contribution in [0.3, 0.4) is 0 Å². The van der Waals surface area contributed by atoms with Crippen LogP contribution in [0.15, 0.2) is 11.7 Å². The van der Waals surface area contributed by atoms with Gasteiger partial charge in [-0.2, -0.15) is 0 Å². The molecule has 0 unspecified atom stereocenters. The van der Waals surface area contributed by atoms with E-state index in [1.807, 2.05) is 0 Å². The van der Waals surface area contributed by atoms with E-state index in [0.29, 0.717) is 5.95 Å². The first-order chi connectivity index (χ1) is 8.79. The van der Waals surface area contributed by atoms with Gasteiger partial charge in [0.05, 0.1) is 21.3 Å². The molecule has 0 N–H and O–H groups in total. The van der Waals surface area contributed by atoms with Crippen molar-refractivity contribution in [1.82, 2.24) is 0 Å². The Balaban J connectivity index is 3.60. The van der Waals surface area contributed by atoms with E-state index in [9.17, 15) is 0 Å². The maximum absolute atomic E-state index is 5.28. The summed E-state index contributed by atoms with van der Waals surface area (Å²) in [7, 11) is 4.87. The van der Waals surface area contributed by atoms with Crippen LogP contribution >= 0.6 is 0 Å². The molecule has 0 saturated heterocycles. The van der Waals surface area contributed by atoms with Gasteiger partial charge in [-0.05, 0) is 6.42 Å². The molecular formula is C15H30O3. The summed E-state index contributed by atoms with van der Waals surface area (Å²) < 4.78 is 15.5. The van der Waals surface area contributed by atoms with Crippen molar-refractivity contribution in [3.8, 4) is 0 Å². The molecule has 0 radical (unpaired) electrons. The van der Waals surface area contributed by atoms with Gasteiger partial charge in [-0.25, -0.2) is 0 Å². The van der Waals surface area contributed by atoms with Gasteiger partial charge < -0.3 is 14.2 Å². The average Bonchev–Trinajstić information content (AvgIpc) is 2.40. The lowest BCUT2D eigenvalue weighted by atomic mass is 10.1. The molecule has 3 nitrogen and oxygen atoms in total. The molecule has 108 valence electrons. The second-order valence-electron chi connectivity index (χ2n) is 4.55. The molecule has 0 bridgehead atoms. The Morgan fingerprint density at radius 2 is 1.17 bits per heavy atom. The summed E-state index contributed by atoms with van der Waals surface area (Å²) in [6, 6.07) is 0. The van der Waals surface area contributed by atoms with Crippen LogP contribution in [0.5, 0.6) is 0 Å². The van der Waals surface area contributed by atoms with E-state index in [-0.39, 0.29) is 0 Å². The standard InChI is InChI=1S/C15H30O3/c1-5-6-7-8-9-10-11-12-13-14(16-2)15(17-3)18-4/h5-13H2,1-4H3. The normalized spacial score (nSPS) is 10.0. The number of hydrogen-bond acceptors (Lipinski definition) is 3. The maximum atomic E-state index is 5.28. The third-order valence-corrected chi connectivity index (χ3v) is 3.10. The number of methoxy groups -OCH3 is 3. The molecule has 0 heterocycles. The summed E-state index contributed by atoms with van der Waals surface area (Å²) in [6.07, 6.45) is 11.4. The van der Waals surface area contributed by atoms with Gasteiger partial charge in [-0.15, -0.1) is 0 Å². The maximum Gasteiger partial charge on any atom is 0.318 e.